The second kappa shape index (κ2) is 7.63. The van der Waals surface area contributed by atoms with Crippen LogP contribution >= 0.6 is 0 Å². The van der Waals surface area contributed by atoms with Crippen LogP contribution in [0, 0.1) is 0 Å². The minimum atomic E-state index is -0.0794. The Bertz CT molecular complexity index is 1230. The Morgan fingerprint density at radius 3 is 2.40 bits per heavy atom. The second-order valence-corrected chi connectivity index (χ2v) is 6.77. The highest BCUT2D eigenvalue weighted by molar-refractivity contribution is 5.94. The number of rotatable bonds is 4. The molecule has 0 atom stereocenters. The van der Waals surface area contributed by atoms with Gasteiger partial charge in [-0.1, -0.05) is 24.3 Å². The molecule has 0 unspecified atom stereocenters. The molecule has 2 heterocycles. The summed E-state index contributed by atoms with van der Waals surface area (Å²) in [6.07, 6.45) is 1.55. The lowest BCUT2D eigenvalue weighted by Gasteiger charge is -2.10. The van der Waals surface area contributed by atoms with Crippen molar-refractivity contribution in [1.29, 1.82) is 0 Å². The monoisotopic (exact) mass is 409 g/mol. The van der Waals surface area contributed by atoms with E-state index in [0.29, 0.717) is 22.5 Å². The van der Waals surface area contributed by atoms with E-state index in [0.717, 1.165) is 5.56 Å². The molecule has 2 aromatic heterocycles. The molecule has 0 aliphatic carbocycles. The van der Waals surface area contributed by atoms with E-state index < -0.39 is 0 Å². The molecule has 0 aliphatic heterocycles. The van der Waals surface area contributed by atoms with Crippen molar-refractivity contribution in [2.75, 3.05) is 25.6 Å². The maximum Gasteiger partial charge on any atom is 0.270 e. The lowest BCUT2D eigenvalue weighted by atomic mass is 10.1. The van der Waals surface area contributed by atoms with Crippen molar-refractivity contribution < 1.29 is 14.9 Å². The predicted molar refractivity (Wildman–Crippen MR) is 121 cm³/mol. The molecular weight excluding hydrogens is 382 g/mol. The maximum atomic E-state index is 12.1. The van der Waals surface area contributed by atoms with Crippen molar-refractivity contribution >= 4 is 17.4 Å². The highest BCUT2D eigenvalue weighted by atomic mass is 16.4. The van der Waals surface area contributed by atoms with Gasteiger partial charge in [0, 0.05) is 36.6 Å². The van der Waals surface area contributed by atoms with Gasteiger partial charge in [-0.2, -0.15) is 0 Å². The van der Waals surface area contributed by atoms with Crippen molar-refractivity contribution in [3.8, 4) is 34.3 Å². The summed E-state index contributed by atoms with van der Waals surface area (Å²) in [5, 5.41) is 8.10. The van der Waals surface area contributed by atoms with E-state index in [1.165, 1.54) is 4.90 Å². The molecule has 9 nitrogen and oxygen atoms in total. The molecule has 1 amide bonds. The van der Waals surface area contributed by atoms with Gasteiger partial charge in [-0.25, -0.2) is 9.97 Å². The number of carbonyl (C=O) groups is 1. The Kier molecular flexibility index (Phi) is 4.85. The average Bonchev–Trinajstić information content (AvgIpc) is 3.23. The zero-order valence-corrected chi connectivity index (χ0v) is 16.4. The molecule has 2 aromatic carbocycles. The van der Waals surface area contributed by atoms with E-state index in [9.17, 15) is 4.79 Å². The third kappa shape index (κ3) is 3.55. The Morgan fingerprint density at radius 1 is 1.00 bits per heavy atom. The van der Waals surface area contributed by atoms with Gasteiger partial charge in [-0.3, -0.25) is 4.79 Å². The molecule has 9 heteroatoms. The lowest BCUT2D eigenvalue weighted by Crippen LogP contribution is -2.21. The number of amides is 1. The van der Waals surface area contributed by atoms with Gasteiger partial charge < -0.3 is 20.8 Å². The van der Waals surface area contributed by atoms with Gasteiger partial charge in [0.1, 0.15) is 0 Å². The lowest BCUT2D eigenvalue weighted by molar-refractivity contribution is 0.0827. The number of carbonyl (C=O) groups excluding carboxylic acids is 1. The van der Waals surface area contributed by atoms with Crippen molar-refractivity contribution in [1.82, 2.24) is 25.1 Å². The van der Waals surface area contributed by atoms with Crippen LogP contribution in [0.3, 0.4) is 0 Å². The average molecular weight is 409 g/mol. The highest BCUT2D eigenvalue weighted by Crippen LogP contribution is 2.30. The van der Waals surface area contributed by atoms with E-state index in [-0.39, 0.29) is 34.9 Å². The van der Waals surface area contributed by atoms with E-state index in [1.807, 2.05) is 12.1 Å². The minimum absolute atomic E-state index is 0. The van der Waals surface area contributed by atoms with Gasteiger partial charge in [0.05, 0.1) is 17.5 Å². The molecule has 0 saturated carbocycles. The molecule has 0 spiro atoms. The summed E-state index contributed by atoms with van der Waals surface area (Å²) < 4.78 is 5.75. The number of anilines is 2. The number of nitrogens with two attached hydrogens (primary N) is 2. The van der Waals surface area contributed by atoms with Gasteiger partial charge in [0.25, 0.3) is 11.8 Å². The number of nitrogens with zero attached hydrogens (tertiary/aromatic N) is 5. The molecule has 0 aliphatic rings. The molecule has 0 radical (unpaired) electrons. The smallest absolute Gasteiger partial charge is 0.270 e. The summed E-state index contributed by atoms with van der Waals surface area (Å²) in [5.41, 5.74) is 15.3. The number of hydrogen-bond donors (Lipinski definition) is 2. The summed E-state index contributed by atoms with van der Waals surface area (Å²) in [6.45, 7) is 0. The molecule has 158 valence electrons. The topological polar surface area (TPSA) is 137 Å². The van der Waals surface area contributed by atoms with Gasteiger partial charge in [0.15, 0.2) is 11.5 Å². The van der Waals surface area contributed by atoms with Crippen molar-refractivity contribution in [2.24, 2.45) is 0 Å². The van der Waals surface area contributed by atoms with Crippen LogP contribution in [0.5, 0.6) is 0 Å². The molecule has 0 fully saturated rings. The first-order valence-corrected chi connectivity index (χ1v) is 9.07. The number of aromatic nitrogens is 4. The number of hydrogen-bond acceptors (Lipinski definition) is 8. The highest BCUT2D eigenvalue weighted by Gasteiger charge is 2.18. The zero-order valence-electron chi connectivity index (χ0n) is 16.4. The number of para-hydroxylation sites is 1. The van der Waals surface area contributed by atoms with E-state index >= 15 is 0 Å². The van der Waals surface area contributed by atoms with Crippen molar-refractivity contribution in [3.05, 3.63) is 60.3 Å². The maximum absolute atomic E-state index is 12.1. The van der Waals surface area contributed by atoms with Crippen LogP contribution in [0.4, 0.5) is 11.5 Å². The van der Waals surface area contributed by atoms with Crippen LogP contribution in [0.1, 0.15) is 16.1 Å². The summed E-state index contributed by atoms with van der Waals surface area (Å²) in [7, 11) is 3.41. The molecule has 30 heavy (non-hydrogen) atoms. The van der Waals surface area contributed by atoms with Gasteiger partial charge in [-0.15, -0.1) is 10.2 Å². The van der Waals surface area contributed by atoms with Gasteiger partial charge in [-0.05, 0) is 24.3 Å². The standard InChI is InChI=1S/C21H19N7O2.4H2/c1-28(2)21(29)13-9-7-12(8-10-13)16-11-24-18(23)17(25-16)20-27-26-19(30-20)14-5-3-4-6-15(14)22;;;;/h3-11H,22H2,1-2H3,(H2,23,24);4*1H. The molecule has 4 N–H and O–H groups in total. The Hall–Kier alpha value is -4.27. The fraction of sp³-hybridized carbons (Fsp3) is 0.0952. The largest absolute Gasteiger partial charge is 0.414 e. The number of nitrogen functional groups attached to an aromatic ring is 2. The first-order valence-electron chi connectivity index (χ1n) is 9.07. The van der Waals surface area contributed by atoms with Crippen LogP contribution in [0.2, 0.25) is 0 Å². The first-order chi connectivity index (χ1) is 14.4. The Morgan fingerprint density at radius 2 is 1.70 bits per heavy atom. The van der Waals surface area contributed by atoms with Crippen LogP contribution in [0.25, 0.3) is 34.3 Å². The summed E-state index contributed by atoms with van der Waals surface area (Å²) in [4.78, 5) is 22.3. The normalized spacial score (nSPS) is 10.7. The third-order valence-electron chi connectivity index (χ3n) is 4.45. The molecular formula is C21H27N7O2. The number of benzene rings is 2. The fourth-order valence-corrected chi connectivity index (χ4v) is 2.86. The quantitative estimate of drug-likeness (QED) is 0.487. The Labute approximate surface area is 178 Å². The van der Waals surface area contributed by atoms with Crippen LogP contribution in [-0.4, -0.2) is 45.1 Å². The minimum Gasteiger partial charge on any atom is -0.414 e. The van der Waals surface area contributed by atoms with E-state index in [2.05, 4.69) is 20.2 Å². The SMILES string of the molecule is CN(C)C(=O)c1ccc(-c2cnc(N)c(-c3nnc(-c4ccccc4N)o3)n2)cc1.[HH].[HH].[HH].[HH]. The fourth-order valence-electron chi connectivity index (χ4n) is 2.86. The van der Waals surface area contributed by atoms with Crippen LogP contribution < -0.4 is 11.5 Å². The summed E-state index contributed by atoms with van der Waals surface area (Å²) in [5.74, 6) is 0.486. The molecule has 0 saturated heterocycles. The molecule has 4 aromatic rings. The van der Waals surface area contributed by atoms with E-state index in [4.69, 9.17) is 15.9 Å². The van der Waals surface area contributed by atoms with Crippen LogP contribution in [0.15, 0.2) is 59.1 Å². The van der Waals surface area contributed by atoms with Crippen LogP contribution in [-0.2, 0) is 0 Å². The first kappa shape index (κ1) is 19.1. The van der Waals surface area contributed by atoms with Crippen molar-refractivity contribution in [2.45, 2.75) is 0 Å². The summed E-state index contributed by atoms with van der Waals surface area (Å²) in [6, 6.07) is 14.2. The molecule has 0 bridgehead atoms. The second-order valence-electron chi connectivity index (χ2n) is 6.77. The Balaban J connectivity index is 0.00000272. The van der Waals surface area contributed by atoms with Gasteiger partial charge in [0.2, 0.25) is 5.89 Å². The third-order valence-corrected chi connectivity index (χ3v) is 4.45. The van der Waals surface area contributed by atoms with E-state index in [1.54, 1.807) is 56.7 Å². The van der Waals surface area contributed by atoms with Gasteiger partial charge >= 0.3 is 0 Å². The predicted octanol–water partition coefficient (Wildman–Crippen LogP) is 3.71. The molecule has 4 rings (SSSR count). The van der Waals surface area contributed by atoms with Crippen molar-refractivity contribution in [3.63, 3.8) is 0 Å². The zero-order chi connectivity index (χ0) is 21.3. The summed E-state index contributed by atoms with van der Waals surface area (Å²) >= 11 is 0.